The average Bonchev–Trinajstić information content (AvgIpc) is 3.25. The standard InChI is InChI=1S/C22H33N3O4.HI/c1-4-27-20-10-9-18(16-21(20)28-5-2)11-13-25-22(23-3)24-12-7-14-26-17-19-8-6-15-29-19;/h6,8-10,15-16H,4-5,7,11-14,17H2,1-3H3,(H2,23,24,25);1H. The highest BCUT2D eigenvalue weighted by molar-refractivity contribution is 14.0. The maximum absolute atomic E-state index is 5.69. The largest absolute Gasteiger partial charge is 0.490 e. The minimum Gasteiger partial charge on any atom is -0.490 e. The molecule has 0 aliphatic carbocycles. The number of benzene rings is 1. The zero-order valence-corrected chi connectivity index (χ0v) is 20.4. The molecule has 0 saturated heterocycles. The molecule has 7 nitrogen and oxygen atoms in total. The van der Waals surface area contributed by atoms with E-state index in [1.807, 2.05) is 38.1 Å². The van der Waals surface area contributed by atoms with Crippen molar-refractivity contribution >= 4 is 29.9 Å². The van der Waals surface area contributed by atoms with Gasteiger partial charge in [0, 0.05) is 26.7 Å². The predicted molar refractivity (Wildman–Crippen MR) is 130 cm³/mol. The van der Waals surface area contributed by atoms with Crippen LogP contribution in [-0.4, -0.2) is 45.9 Å². The summed E-state index contributed by atoms with van der Waals surface area (Å²) in [5, 5.41) is 6.63. The minimum atomic E-state index is 0. The molecule has 30 heavy (non-hydrogen) atoms. The van der Waals surface area contributed by atoms with Gasteiger partial charge in [-0.2, -0.15) is 0 Å². The molecule has 1 heterocycles. The third-order valence-corrected chi connectivity index (χ3v) is 4.12. The van der Waals surface area contributed by atoms with Crippen molar-refractivity contribution < 1.29 is 18.6 Å². The number of hydrogen-bond donors (Lipinski definition) is 2. The summed E-state index contributed by atoms with van der Waals surface area (Å²) in [6, 6.07) is 9.86. The topological polar surface area (TPSA) is 77.2 Å². The van der Waals surface area contributed by atoms with E-state index in [2.05, 4.69) is 21.7 Å². The maximum Gasteiger partial charge on any atom is 0.190 e. The number of guanidine groups is 1. The summed E-state index contributed by atoms with van der Waals surface area (Å²) >= 11 is 0. The van der Waals surface area contributed by atoms with Gasteiger partial charge < -0.3 is 29.3 Å². The van der Waals surface area contributed by atoms with E-state index in [9.17, 15) is 0 Å². The number of nitrogens with zero attached hydrogens (tertiary/aromatic N) is 1. The molecule has 0 fully saturated rings. The lowest BCUT2D eigenvalue weighted by Gasteiger charge is -2.14. The third-order valence-electron chi connectivity index (χ3n) is 4.12. The van der Waals surface area contributed by atoms with Gasteiger partial charge >= 0.3 is 0 Å². The zero-order valence-electron chi connectivity index (χ0n) is 18.1. The molecule has 0 aliphatic heterocycles. The molecule has 0 amide bonds. The van der Waals surface area contributed by atoms with Gasteiger partial charge in [-0.1, -0.05) is 6.07 Å². The maximum atomic E-state index is 5.69. The Bertz CT molecular complexity index is 723. The first-order chi connectivity index (χ1) is 14.3. The van der Waals surface area contributed by atoms with Gasteiger partial charge in [-0.25, -0.2) is 0 Å². The van der Waals surface area contributed by atoms with Crippen molar-refractivity contribution in [2.45, 2.75) is 33.3 Å². The molecular formula is C22H34IN3O4. The van der Waals surface area contributed by atoms with Crippen LogP contribution in [0.2, 0.25) is 0 Å². The molecule has 0 spiro atoms. The number of hydrogen-bond acceptors (Lipinski definition) is 5. The molecule has 1 aromatic carbocycles. The third kappa shape index (κ3) is 9.71. The Morgan fingerprint density at radius 3 is 2.50 bits per heavy atom. The highest BCUT2D eigenvalue weighted by atomic mass is 127. The van der Waals surface area contributed by atoms with Crippen LogP contribution >= 0.6 is 24.0 Å². The van der Waals surface area contributed by atoms with Crippen LogP contribution in [0.3, 0.4) is 0 Å². The molecule has 8 heteroatoms. The van der Waals surface area contributed by atoms with E-state index in [1.165, 1.54) is 5.56 Å². The summed E-state index contributed by atoms with van der Waals surface area (Å²) in [6.07, 6.45) is 3.40. The Kier molecular flexibility index (Phi) is 13.8. The first-order valence-electron chi connectivity index (χ1n) is 10.2. The van der Waals surface area contributed by atoms with Crippen LogP contribution in [0.15, 0.2) is 46.0 Å². The van der Waals surface area contributed by atoms with Crippen molar-refractivity contribution in [1.82, 2.24) is 10.6 Å². The molecule has 1 aromatic heterocycles. The van der Waals surface area contributed by atoms with E-state index in [4.69, 9.17) is 18.6 Å². The van der Waals surface area contributed by atoms with E-state index < -0.39 is 0 Å². The zero-order chi connectivity index (χ0) is 20.7. The van der Waals surface area contributed by atoms with E-state index >= 15 is 0 Å². The smallest absolute Gasteiger partial charge is 0.190 e. The fraction of sp³-hybridized carbons (Fsp3) is 0.500. The molecule has 0 aliphatic rings. The molecule has 0 atom stereocenters. The van der Waals surface area contributed by atoms with Crippen LogP contribution in [0, 0.1) is 0 Å². The van der Waals surface area contributed by atoms with Crippen molar-refractivity contribution in [3.63, 3.8) is 0 Å². The lowest BCUT2D eigenvalue weighted by Crippen LogP contribution is -2.39. The van der Waals surface area contributed by atoms with Crippen LogP contribution in [0.1, 0.15) is 31.6 Å². The molecule has 2 aromatic rings. The van der Waals surface area contributed by atoms with Crippen LogP contribution in [-0.2, 0) is 17.8 Å². The lowest BCUT2D eigenvalue weighted by atomic mass is 10.1. The van der Waals surface area contributed by atoms with Crippen LogP contribution < -0.4 is 20.1 Å². The fourth-order valence-corrected chi connectivity index (χ4v) is 2.75. The van der Waals surface area contributed by atoms with Gasteiger partial charge in [0.05, 0.1) is 19.5 Å². The molecule has 168 valence electrons. The Morgan fingerprint density at radius 1 is 1.03 bits per heavy atom. The van der Waals surface area contributed by atoms with Gasteiger partial charge in [0.15, 0.2) is 17.5 Å². The van der Waals surface area contributed by atoms with E-state index in [0.29, 0.717) is 26.4 Å². The molecule has 0 saturated carbocycles. The van der Waals surface area contributed by atoms with E-state index in [-0.39, 0.29) is 24.0 Å². The van der Waals surface area contributed by atoms with Crippen molar-refractivity contribution in [3.05, 3.63) is 47.9 Å². The predicted octanol–water partition coefficient (Wildman–Crippen LogP) is 4.01. The fourth-order valence-electron chi connectivity index (χ4n) is 2.75. The SMILES string of the molecule is CCOc1ccc(CCNC(=NC)NCCCOCc2ccco2)cc1OCC.I. The number of halogens is 1. The highest BCUT2D eigenvalue weighted by Gasteiger charge is 2.06. The number of nitrogens with one attached hydrogen (secondary N) is 2. The highest BCUT2D eigenvalue weighted by Crippen LogP contribution is 2.28. The number of aliphatic imine (C=N–C) groups is 1. The minimum absolute atomic E-state index is 0. The average molecular weight is 531 g/mol. The molecular weight excluding hydrogens is 497 g/mol. The summed E-state index contributed by atoms with van der Waals surface area (Å²) in [6.45, 7) is 7.91. The Morgan fingerprint density at radius 2 is 1.80 bits per heavy atom. The lowest BCUT2D eigenvalue weighted by molar-refractivity contribution is 0.105. The second kappa shape index (κ2) is 15.8. The summed E-state index contributed by atoms with van der Waals surface area (Å²) in [5.74, 6) is 3.21. The quantitative estimate of drug-likeness (QED) is 0.176. The van der Waals surface area contributed by atoms with Gasteiger partial charge in [0.1, 0.15) is 12.4 Å². The molecule has 2 rings (SSSR count). The van der Waals surface area contributed by atoms with Crippen molar-refractivity contribution in [1.29, 1.82) is 0 Å². The van der Waals surface area contributed by atoms with Gasteiger partial charge in [0.2, 0.25) is 0 Å². The Labute approximate surface area is 196 Å². The second-order valence-corrected chi connectivity index (χ2v) is 6.31. The van der Waals surface area contributed by atoms with Crippen LogP contribution in [0.4, 0.5) is 0 Å². The van der Waals surface area contributed by atoms with Crippen LogP contribution in [0.25, 0.3) is 0 Å². The molecule has 0 unspecified atom stereocenters. The van der Waals surface area contributed by atoms with Gasteiger partial charge in [-0.05, 0) is 56.5 Å². The van der Waals surface area contributed by atoms with Crippen molar-refractivity contribution in [2.75, 3.05) is 40.0 Å². The van der Waals surface area contributed by atoms with Gasteiger partial charge in [-0.3, -0.25) is 4.99 Å². The van der Waals surface area contributed by atoms with E-state index in [1.54, 1.807) is 13.3 Å². The summed E-state index contributed by atoms with van der Waals surface area (Å²) in [4.78, 5) is 4.26. The molecule has 0 radical (unpaired) electrons. The molecule has 0 bridgehead atoms. The van der Waals surface area contributed by atoms with Crippen molar-refractivity contribution in [3.8, 4) is 11.5 Å². The second-order valence-electron chi connectivity index (χ2n) is 6.31. The Balaban J connectivity index is 0.00000450. The van der Waals surface area contributed by atoms with Crippen LogP contribution in [0.5, 0.6) is 11.5 Å². The molecule has 2 N–H and O–H groups in total. The number of ether oxygens (including phenoxy) is 3. The van der Waals surface area contributed by atoms with Gasteiger partial charge in [0.25, 0.3) is 0 Å². The Hall–Kier alpha value is -1.94. The summed E-state index contributed by atoms with van der Waals surface area (Å²) < 4.78 is 22.1. The first kappa shape index (κ1) is 26.1. The normalized spacial score (nSPS) is 11.0. The van der Waals surface area contributed by atoms with E-state index in [0.717, 1.165) is 49.1 Å². The first-order valence-corrected chi connectivity index (χ1v) is 10.2. The van der Waals surface area contributed by atoms with Crippen molar-refractivity contribution in [2.24, 2.45) is 4.99 Å². The number of rotatable bonds is 13. The summed E-state index contributed by atoms with van der Waals surface area (Å²) in [7, 11) is 1.77. The van der Waals surface area contributed by atoms with Gasteiger partial charge in [-0.15, -0.1) is 24.0 Å². The monoisotopic (exact) mass is 531 g/mol. The summed E-state index contributed by atoms with van der Waals surface area (Å²) in [5.41, 5.74) is 1.19. The number of furan rings is 1.